The van der Waals surface area contributed by atoms with E-state index in [1.165, 1.54) is 0 Å². The number of amides is 2. The fourth-order valence-electron chi connectivity index (χ4n) is 2.98. The Hall–Kier alpha value is -2.95. The van der Waals surface area contributed by atoms with Crippen LogP contribution in [0.2, 0.25) is 0 Å². The van der Waals surface area contributed by atoms with Gasteiger partial charge in [0.2, 0.25) is 0 Å². The molecule has 0 bridgehead atoms. The smallest absolute Gasteiger partial charge is 0.324 e. The molecule has 1 fully saturated rings. The average Bonchev–Trinajstić information content (AvgIpc) is 3.40. The Morgan fingerprint density at radius 3 is 2.25 bits per heavy atom. The molecule has 0 atom stereocenters. The van der Waals surface area contributed by atoms with Gasteiger partial charge in [-0.2, -0.15) is 0 Å². The molecule has 24 heavy (non-hydrogen) atoms. The summed E-state index contributed by atoms with van der Waals surface area (Å²) < 4.78 is 0. The number of hydrogen-bond donors (Lipinski definition) is 0. The molecule has 0 N–H and O–H groups in total. The number of aryl methyl sites for hydroxylation is 1. The van der Waals surface area contributed by atoms with Crippen LogP contribution in [0.5, 0.6) is 0 Å². The maximum atomic E-state index is 12.6. The molecule has 2 aliphatic rings. The molecule has 0 aromatic heterocycles. The molecule has 2 aromatic rings. The van der Waals surface area contributed by atoms with Crippen LogP contribution >= 0.6 is 0 Å². The summed E-state index contributed by atoms with van der Waals surface area (Å²) in [6.07, 6.45) is 2.08. The van der Waals surface area contributed by atoms with Crippen molar-refractivity contribution in [3.8, 4) is 0 Å². The van der Waals surface area contributed by atoms with Gasteiger partial charge in [-0.05, 0) is 49.4 Å². The molecule has 0 unspecified atom stereocenters. The summed E-state index contributed by atoms with van der Waals surface area (Å²) >= 11 is 0. The van der Waals surface area contributed by atoms with Gasteiger partial charge in [-0.3, -0.25) is 9.59 Å². The van der Waals surface area contributed by atoms with Crippen LogP contribution in [0.3, 0.4) is 0 Å². The quantitative estimate of drug-likeness (QED) is 0.814. The lowest BCUT2D eigenvalue weighted by molar-refractivity contribution is -0.0585. The molecule has 5 heteroatoms. The normalized spacial score (nSPS) is 16.3. The second-order valence-electron chi connectivity index (χ2n) is 6.19. The van der Waals surface area contributed by atoms with Crippen LogP contribution in [-0.4, -0.2) is 22.8 Å². The molecular formula is C19H15NO4. The largest absolute Gasteiger partial charge is 0.364 e. The fraction of sp³-hybridized carbons (Fsp3) is 0.211. The van der Waals surface area contributed by atoms with Crippen molar-refractivity contribution < 1.29 is 19.2 Å². The lowest BCUT2D eigenvalue weighted by atomic mass is 10.0. The monoisotopic (exact) mass is 321 g/mol. The first-order chi connectivity index (χ1) is 11.6. The minimum absolute atomic E-state index is 0.252. The summed E-state index contributed by atoms with van der Waals surface area (Å²) in [4.78, 5) is 42.4. The van der Waals surface area contributed by atoms with Gasteiger partial charge in [-0.1, -0.05) is 34.9 Å². The number of hydroxylamine groups is 2. The van der Waals surface area contributed by atoms with E-state index >= 15 is 0 Å². The highest BCUT2D eigenvalue weighted by atomic mass is 16.7. The number of benzene rings is 2. The zero-order valence-corrected chi connectivity index (χ0v) is 13.1. The van der Waals surface area contributed by atoms with Gasteiger partial charge < -0.3 is 4.84 Å². The fourth-order valence-corrected chi connectivity index (χ4v) is 2.98. The van der Waals surface area contributed by atoms with E-state index in [9.17, 15) is 14.4 Å². The zero-order chi connectivity index (χ0) is 16.8. The van der Waals surface area contributed by atoms with E-state index < -0.39 is 17.8 Å². The molecule has 5 nitrogen and oxygen atoms in total. The predicted octanol–water partition coefficient (Wildman–Crippen LogP) is 3.24. The second kappa shape index (κ2) is 5.30. The minimum atomic E-state index is -0.671. The third-order valence-electron chi connectivity index (χ3n) is 4.38. The average molecular weight is 321 g/mol. The number of carbonyl (C=O) groups is 3. The number of nitrogens with zero attached hydrogens (tertiary/aromatic N) is 1. The number of rotatable bonds is 3. The Balaban J connectivity index is 1.63. The van der Waals surface area contributed by atoms with E-state index in [4.69, 9.17) is 4.84 Å². The van der Waals surface area contributed by atoms with E-state index in [1.54, 1.807) is 30.3 Å². The molecule has 120 valence electrons. The minimum Gasteiger partial charge on any atom is -0.324 e. The van der Waals surface area contributed by atoms with Crippen molar-refractivity contribution in [1.82, 2.24) is 5.06 Å². The summed E-state index contributed by atoms with van der Waals surface area (Å²) in [5, 5.41) is 0.562. The van der Waals surface area contributed by atoms with Crippen LogP contribution in [-0.2, 0) is 4.84 Å². The number of imide groups is 1. The van der Waals surface area contributed by atoms with Crippen LogP contribution in [0, 0.1) is 6.92 Å². The van der Waals surface area contributed by atoms with Crippen molar-refractivity contribution in [3.05, 3.63) is 70.3 Å². The van der Waals surface area contributed by atoms with Gasteiger partial charge in [-0.25, -0.2) is 4.79 Å². The highest BCUT2D eigenvalue weighted by Gasteiger charge is 2.39. The SMILES string of the molecule is Cc1ccc(C2CC2)c(C(=O)ON2C(=O)c3ccccc3C2=O)c1. The topological polar surface area (TPSA) is 63.7 Å². The molecule has 1 aliphatic heterocycles. The highest BCUT2D eigenvalue weighted by Crippen LogP contribution is 2.42. The van der Waals surface area contributed by atoms with Gasteiger partial charge in [0.25, 0.3) is 11.8 Å². The maximum absolute atomic E-state index is 12.6. The van der Waals surface area contributed by atoms with E-state index in [1.807, 2.05) is 19.1 Å². The third kappa shape index (κ3) is 2.29. The van der Waals surface area contributed by atoms with Crippen LogP contribution in [0.25, 0.3) is 0 Å². The predicted molar refractivity (Wildman–Crippen MR) is 85.5 cm³/mol. The maximum Gasteiger partial charge on any atom is 0.364 e. The molecule has 1 saturated carbocycles. The van der Waals surface area contributed by atoms with Gasteiger partial charge >= 0.3 is 5.97 Å². The standard InChI is InChI=1S/C19H15NO4/c1-11-6-9-13(12-7-8-12)16(10-11)19(23)24-20-17(21)14-4-2-3-5-15(14)18(20)22/h2-6,9-10,12H,7-8H2,1H3. The highest BCUT2D eigenvalue weighted by molar-refractivity contribution is 6.21. The van der Waals surface area contributed by atoms with Crippen molar-refractivity contribution in [3.63, 3.8) is 0 Å². The van der Waals surface area contributed by atoms with Crippen molar-refractivity contribution >= 4 is 17.8 Å². The molecular weight excluding hydrogens is 306 g/mol. The lowest BCUT2D eigenvalue weighted by Crippen LogP contribution is -2.33. The van der Waals surface area contributed by atoms with Crippen molar-refractivity contribution in [2.45, 2.75) is 25.7 Å². The molecule has 4 rings (SSSR count). The van der Waals surface area contributed by atoms with Crippen molar-refractivity contribution in [2.75, 3.05) is 0 Å². The summed E-state index contributed by atoms with van der Waals surface area (Å²) in [5.41, 5.74) is 2.77. The zero-order valence-electron chi connectivity index (χ0n) is 13.1. The second-order valence-corrected chi connectivity index (χ2v) is 6.19. The van der Waals surface area contributed by atoms with Crippen molar-refractivity contribution in [2.24, 2.45) is 0 Å². The van der Waals surface area contributed by atoms with Gasteiger partial charge in [0.05, 0.1) is 16.7 Å². The van der Waals surface area contributed by atoms with Crippen LogP contribution in [0.4, 0.5) is 0 Å². The number of carbonyl (C=O) groups excluding carboxylic acids is 3. The summed E-state index contributed by atoms with van der Waals surface area (Å²) in [6, 6.07) is 12.0. The van der Waals surface area contributed by atoms with Crippen LogP contribution < -0.4 is 0 Å². The molecule has 0 spiro atoms. The van der Waals surface area contributed by atoms with Crippen LogP contribution in [0.15, 0.2) is 42.5 Å². The number of hydrogen-bond acceptors (Lipinski definition) is 4. The Kier molecular flexibility index (Phi) is 3.23. The Labute approximate surface area is 138 Å². The van der Waals surface area contributed by atoms with Gasteiger partial charge in [0.15, 0.2) is 0 Å². The van der Waals surface area contributed by atoms with E-state index in [2.05, 4.69) is 0 Å². The molecule has 0 radical (unpaired) electrons. The summed E-state index contributed by atoms with van der Waals surface area (Å²) in [6.45, 7) is 1.88. The van der Waals surface area contributed by atoms with Gasteiger partial charge in [-0.15, -0.1) is 0 Å². The first kappa shape index (κ1) is 14.6. The molecule has 2 amide bonds. The van der Waals surface area contributed by atoms with Gasteiger partial charge in [0.1, 0.15) is 0 Å². The summed E-state index contributed by atoms with van der Waals surface area (Å²) in [7, 11) is 0. The molecule has 1 aliphatic carbocycles. The first-order valence-electron chi connectivity index (χ1n) is 7.87. The lowest BCUT2D eigenvalue weighted by Gasteiger charge is -2.15. The molecule has 1 heterocycles. The number of fused-ring (bicyclic) bond motifs is 1. The van der Waals surface area contributed by atoms with Crippen LogP contribution in [0.1, 0.15) is 61.0 Å². The Morgan fingerprint density at radius 1 is 1.04 bits per heavy atom. The van der Waals surface area contributed by atoms with E-state index in [0.29, 0.717) is 16.5 Å². The molecule has 0 saturated heterocycles. The Bertz CT molecular complexity index is 848. The van der Waals surface area contributed by atoms with E-state index in [-0.39, 0.29) is 11.1 Å². The Morgan fingerprint density at radius 2 is 1.67 bits per heavy atom. The molecule has 2 aromatic carbocycles. The van der Waals surface area contributed by atoms with Gasteiger partial charge in [0, 0.05) is 0 Å². The summed E-state index contributed by atoms with van der Waals surface area (Å²) in [5.74, 6) is -1.53. The first-order valence-corrected chi connectivity index (χ1v) is 7.87. The third-order valence-corrected chi connectivity index (χ3v) is 4.38. The van der Waals surface area contributed by atoms with Crippen molar-refractivity contribution in [1.29, 1.82) is 0 Å². The van der Waals surface area contributed by atoms with E-state index in [0.717, 1.165) is 24.0 Å².